The van der Waals surface area contributed by atoms with Crippen LogP contribution in [0.15, 0.2) is 0 Å². The Hall–Kier alpha value is -0.280. The molecule has 4 heteroatoms. The fourth-order valence-corrected chi connectivity index (χ4v) is 0.0900. The number of nitrogens with two attached hydrogens (primary N) is 1. The van der Waals surface area contributed by atoms with Crippen LogP contribution in [-0.4, -0.2) is 23.0 Å². The van der Waals surface area contributed by atoms with E-state index in [9.17, 15) is 4.79 Å². The van der Waals surface area contributed by atoms with E-state index in [2.05, 4.69) is 5.73 Å². The van der Waals surface area contributed by atoms with Crippen molar-refractivity contribution < 1.29 is 9.90 Å². The Morgan fingerprint density at radius 2 is 2.43 bits per heavy atom. The molecule has 7 heavy (non-hydrogen) atoms. The molecule has 0 aliphatic carbocycles. The van der Waals surface area contributed by atoms with Crippen LogP contribution in [-0.2, 0) is 4.79 Å². The van der Waals surface area contributed by atoms with Gasteiger partial charge in [0, 0.05) is 0 Å². The van der Waals surface area contributed by atoms with E-state index < -0.39 is 17.9 Å². The van der Waals surface area contributed by atoms with Crippen molar-refractivity contribution in [3.05, 3.63) is 0 Å². The molecule has 1 amide bonds. The lowest BCUT2D eigenvalue weighted by atomic mass is 10.4. The summed E-state index contributed by atoms with van der Waals surface area (Å²) in [5.41, 5.74) is 4.62. The molecule has 0 aromatic carbocycles. The molecule has 3 nitrogen and oxygen atoms in total. The zero-order valence-electron chi connectivity index (χ0n) is 3.60. The van der Waals surface area contributed by atoms with E-state index in [0.29, 0.717) is 0 Å². The zero-order valence-corrected chi connectivity index (χ0v) is 4.35. The predicted molar refractivity (Wildman–Crippen MR) is 25.9 cm³/mol. The molecule has 0 spiro atoms. The highest BCUT2D eigenvalue weighted by Crippen LogP contribution is 1.89. The molecule has 0 saturated heterocycles. The number of rotatable bonds is 2. The lowest BCUT2D eigenvalue weighted by molar-refractivity contribution is -0.118. The first-order chi connectivity index (χ1) is 3.18. The third kappa shape index (κ3) is 2.42. The van der Waals surface area contributed by atoms with Crippen molar-refractivity contribution in [1.29, 1.82) is 0 Å². The number of hydrogen-bond acceptors (Lipinski definition) is 2. The van der Waals surface area contributed by atoms with Crippen molar-refractivity contribution in [3.8, 4) is 0 Å². The molecular formula is C3H6ClNO2. The molecule has 0 fully saturated rings. The van der Waals surface area contributed by atoms with Gasteiger partial charge in [-0.3, -0.25) is 4.79 Å². The Bertz CT molecular complexity index is 75.3. The lowest BCUT2D eigenvalue weighted by Gasteiger charge is -1.94. The zero-order chi connectivity index (χ0) is 5.86. The molecule has 0 aromatic rings. The second kappa shape index (κ2) is 2.82. The van der Waals surface area contributed by atoms with Crippen molar-refractivity contribution in [2.75, 3.05) is 6.61 Å². The Morgan fingerprint density at radius 3 is 2.43 bits per heavy atom. The fourth-order valence-electron chi connectivity index (χ4n) is 0.0900. The predicted octanol–water partition coefficient (Wildman–Crippen LogP) is -0.929. The number of aliphatic hydroxyl groups excluding tert-OH is 1. The van der Waals surface area contributed by atoms with E-state index in [1.165, 1.54) is 0 Å². The maximum atomic E-state index is 9.86. The number of amides is 1. The Labute approximate surface area is 46.1 Å². The van der Waals surface area contributed by atoms with Crippen LogP contribution in [0.3, 0.4) is 0 Å². The molecule has 1 atom stereocenters. The van der Waals surface area contributed by atoms with E-state index in [1.54, 1.807) is 0 Å². The van der Waals surface area contributed by atoms with Gasteiger partial charge in [0.25, 0.3) is 0 Å². The molecule has 3 N–H and O–H groups in total. The summed E-state index contributed by atoms with van der Waals surface area (Å²) in [5.74, 6) is -0.691. The molecule has 0 aliphatic rings. The molecule has 0 rings (SSSR count). The highest BCUT2D eigenvalue weighted by molar-refractivity contribution is 6.30. The van der Waals surface area contributed by atoms with Gasteiger partial charge in [-0.25, -0.2) is 0 Å². The Morgan fingerprint density at radius 1 is 2.00 bits per heavy atom. The minimum absolute atomic E-state index is 0.392. The maximum absolute atomic E-state index is 9.86. The smallest absolute Gasteiger partial charge is 0.237 e. The average Bonchev–Trinajstić information content (AvgIpc) is 1.65. The highest BCUT2D eigenvalue weighted by atomic mass is 35.5. The number of halogens is 1. The standard InChI is InChI=1S/C3H6ClNO2/c4-2(1-6)3(5)7/h2,6H,1H2,(H2,5,7)/t2-/m0/s1. The van der Waals surface area contributed by atoms with Gasteiger partial charge in [-0.05, 0) is 0 Å². The second-order valence-corrected chi connectivity index (χ2v) is 1.58. The van der Waals surface area contributed by atoms with E-state index in [1.807, 2.05) is 0 Å². The quantitative estimate of drug-likeness (QED) is 0.466. The molecule has 0 radical (unpaired) electrons. The summed E-state index contributed by atoms with van der Waals surface area (Å²) in [6.07, 6.45) is 0. The summed E-state index contributed by atoms with van der Waals surface area (Å²) in [4.78, 5) is 9.86. The van der Waals surface area contributed by atoms with Crippen LogP contribution in [0.1, 0.15) is 0 Å². The molecule has 0 aromatic heterocycles. The van der Waals surface area contributed by atoms with Gasteiger partial charge in [-0.1, -0.05) is 0 Å². The van der Waals surface area contributed by atoms with Gasteiger partial charge in [0.1, 0.15) is 5.38 Å². The first-order valence-corrected chi connectivity index (χ1v) is 2.16. The summed E-state index contributed by atoms with van der Waals surface area (Å²) in [5, 5.41) is 7.14. The molecular weight excluding hydrogens is 117 g/mol. The van der Waals surface area contributed by atoms with Crippen LogP contribution in [0.5, 0.6) is 0 Å². The highest BCUT2D eigenvalue weighted by Gasteiger charge is 2.06. The molecule has 0 bridgehead atoms. The van der Waals surface area contributed by atoms with Crippen molar-refractivity contribution in [2.24, 2.45) is 5.73 Å². The largest absolute Gasteiger partial charge is 0.394 e. The van der Waals surface area contributed by atoms with Gasteiger partial charge in [-0.15, -0.1) is 11.6 Å². The topological polar surface area (TPSA) is 63.3 Å². The SMILES string of the molecule is NC(=O)[C@@H](Cl)CO. The number of alkyl halides is 1. The van der Waals surface area contributed by atoms with Crippen LogP contribution in [0.4, 0.5) is 0 Å². The van der Waals surface area contributed by atoms with Gasteiger partial charge in [0.15, 0.2) is 0 Å². The molecule has 42 valence electrons. The van der Waals surface area contributed by atoms with Gasteiger partial charge in [0.05, 0.1) is 6.61 Å². The van der Waals surface area contributed by atoms with Crippen LogP contribution >= 0.6 is 11.6 Å². The number of aliphatic hydroxyl groups is 1. The second-order valence-electron chi connectivity index (χ2n) is 1.05. The van der Waals surface area contributed by atoms with E-state index >= 15 is 0 Å². The first-order valence-electron chi connectivity index (χ1n) is 1.72. The number of carbonyl (C=O) groups is 1. The van der Waals surface area contributed by atoms with Crippen molar-refractivity contribution in [1.82, 2.24) is 0 Å². The van der Waals surface area contributed by atoms with E-state index in [4.69, 9.17) is 16.7 Å². The maximum Gasteiger partial charge on any atom is 0.237 e. The lowest BCUT2D eigenvalue weighted by Crippen LogP contribution is -2.26. The minimum Gasteiger partial charge on any atom is -0.394 e. The van der Waals surface area contributed by atoms with E-state index in [-0.39, 0.29) is 0 Å². The summed E-state index contributed by atoms with van der Waals surface area (Å²) in [6.45, 7) is -0.392. The first kappa shape index (κ1) is 6.72. The Kier molecular flexibility index (Phi) is 2.71. The Balaban J connectivity index is 3.34. The summed E-state index contributed by atoms with van der Waals surface area (Å²) in [6, 6.07) is 0. The molecule has 0 heterocycles. The van der Waals surface area contributed by atoms with Gasteiger partial charge >= 0.3 is 0 Å². The monoisotopic (exact) mass is 123 g/mol. The fraction of sp³-hybridized carbons (Fsp3) is 0.667. The summed E-state index contributed by atoms with van der Waals surface area (Å²) < 4.78 is 0. The molecule has 0 aliphatic heterocycles. The number of hydrogen-bond donors (Lipinski definition) is 2. The minimum atomic E-state index is -0.931. The van der Waals surface area contributed by atoms with Crippen LogP contribution < -0.4 is 5.73 Å². The third-order valence-corrected chi connectivity index (χ3v) is 0.822. The van der Waals surface area contributed by atoms with Crippen LogP contribution in [0, 0.1) is 0 Å². The third-order valence-electron chi connectivity index (χ3n) is 0.469. The van der Waals surface area contributed by atoms with Gasteiger partial charge < -0.3 is 10.8 Å². The normalized spacial score (nSPS) is 13.4. The van der Waals surface area contributed by atoms with Gasteiger partial charge in [0.2, 0.25) is 5.91 Å². The van der Waals surface area contributed by atoms with Crippen molar-refractivity contribution in [2.45, 2.75) is 5.38 Å². The summed E-state index contributed by atoms with van der Waals surface area (Å²) >= 11 is 5.08. The van der Waals surface area contributed by atoms with Crippen LogP contribution in [0.2, 0.25) is 0 Å². The van der Waals surface area contributed by atoms with E-state index in [0.717, 1.165) is 0 Å². The average molecular weight is 124 g/mol. The van der Waals surface area contributed by atoms with Crippen LogP contribution in [0.25, 0.3) is 0 Å². The van der Waals surface area contributed by atoms with Crippen molar-refractivity contribution in [3.63, 3.8) is 0 Å². The van der Waals surface area contributed by atoms with Crippen molar-refractivity contribution >= 4 is 17.5 Å². The number of carbonyl (C=O) groups excluding carboxylic acids is 1. The molecule has 0 unspecified atom stereocenters. The molecule has 0 saturated carbocycles. The van der Waals surface area contributed by atoms with Gasteiger partial charge in [-0.2, -0.15) is 0 Å². The number of primary amides is 1. The summed E-state index contributed by atoms with van der Waals surface area (Å²) in [7, 11) is 0.